The third kappa shape index (κ3) is 19.5. The Balaban J connectivity index is 0.000000241. The van der Waals surface area contributed by atoms with Crippen LogP contribution in [0.3, 0.4) is 0 Å². The number of fused-ring (bicyclic) bond motifs is 3. The Morgan fingerprint density at radius 3 is 1.53 bits per heavy atom. The number of alkyl halides is 7. The van der Waals surface area contributed by atoms with Crippen LogP contribution in [-0.2, 0) is 145 Å². The molecule has 0 aliphatic carbocycles. The van der Waals surface area contributed by atoms with Gasteiger partial charge in [-0.1, -0.05) is 173 Å². The van der Waals surface area contributed by atoms with Gasteiger partial charge in [-0.05, 0) is 79.2 Å². The van der Waals surface area contributed by atoms with E-state index in [4.69, 9.17) is 0 Å². The van der Waals surface area contributed by atoms with Crippen LogP contribution in [-0.4, -0.2) is 73.1 Å². The van der Waals surface area contributed by atoms with Crippen molar-refractivity contribution in [3.8, 4) is 29.1 Å². The molecule has 483 valence electrons. The van der Waals surface area contributed by atoms with Gasteiger partial charge in [0, 0.05) is 154 Å². The zero-order valence-electron chi connectivity index (χ0n) is 48.7. The molecule has 15 nitrogen and oxygen atoms in total. The summed E-state index contributed by atoms with van der Waals surface area (Å²) in [7, 11) is 0. The fourth-order valence-electron chi connectivity index (χ4n) is 8.59. The van der Waals surface area contributed by atoms with E-state index < -0.39 is 30.4 Å². The van der Waals surface area contributed by atoms with Crippen LogP contribution in [0.5, 0.6) is 0 Å². The first-order valence-corrected chi connectivity index (χ1v) is 27.1. The number of aromatic nitrogens is 15. The molecule has 0 saturated carbocycles. The fourth-order valence-corrected chi connectivity index (χ4v) is 8.59. The molecule has 5 radical (unpaired) electrons. The van der Waals surface area contributed by atoms with Crippen LogP contribution in [0.25, 0.3) is 61.8 Å². The molecule has 0 aliphatic rings. The Bertz CT molecular complexity index is 4220. The van der Waals surface area contributed by atoms with Crippen molar-refractivity contribution in [1.82, 2.24) is 73.1 Å². The number of hydrogen-bond acceptors (Lipinski definition) is 10. The Labute approximate surface area is 587 Å². The fraction of sp³-hybridized carbons (Fsp3) is 0.188. The molecule has 0 atom stereocenters. The van der Waals surface area contributed by atoms with E-state index >= 15 is 0 Å². The average Bonchev–Trinajstić information content (AvgIpc) is 1.98. The normalized spacial score (nSPS) is 10.6. The molecule has 0 N–H and O–H groups in total. The van der Waals surface area contributed by atoms with E-state index in [1.54, 1.807) is 53.1 Å². The number of hydrogen-bond donors (Lipinski definition) is 0. The smallest absolute Gasteiger partial charge is 0.391 e. The largest absolute Gasteiger partial charge is 0.429 e. The van der Waals surface area contributed by atoms with Crippen molar-refractivity contribution in [1.29, 1.82) is 0 Å². The van der Waals surface area contributed by atoms with Crippen LogP contribution in [0.1, 0.15) is 73.4 Å². The molecule has 0 spiro atoms. The summed E-state index contributed by atoms with van der Waals surface area (Å²) in [6, 6.07) is 51.3. The van der Waals surface area contributed by atoms with Gasteiger partial charge in [-0.15, -0.1) is 23.6 Å². The molecule has 91 heavy (non-hydrogen) atoms. The van der Waals surface area contributed by atoms with Crippen LogP contribution < -0.4 is 0 Å². The minimum absolute atomic E-state index is 0. The number of aryl methyl sites for hydroxylation is 5. The monoisotopic (exact) mass is 2130 g/mol. The van der Waals surface area contributed by atoms with Gasteiger partial charge in [0.1, 0.15) is 6.67 Å². The first-order chi connectivity index (χ1) is 41.6. The van der Waals surface area contributed by atoms with Gasteiger partial charge in [-0.2, -0.15) is 26.3 Å². The van der Waals surface area contributed by atoms with Gasteiger partial charge in [-0.25, -0.2) is 9.49 Å². The molecule has 3 aromatic carbocycles. The molecule has 13 aromatic rings. The Hall–Kier alpha value is -7.00. The van der Waals surface area contributed by atoms with Crippen LogP contribution in [0, 0.1) is 38.3 Å². The van der Waals surface area contributed by atoms with Gasteiger partial charge >= 0.3 is 12.4 Å². The maximum atomic E-state index is 12.9. The molecule has 27 heteroatoms. The predicted molar refractivity (Wildman–Crippen MR) is 311 cm³/mol. The molecule has 0 unspecified atom stereocenters. The van der Waals surface area contributed by atoms with Gasteiger partial charge in [0.15, 0.2) is 0 Å². The van der Waals surface area contributed by atoms with Crippen LogP contribution in [0.2, 0.25) is 0 Å². The molecular formula is C64H53F7Ir5N15-5. The van der Waals surface area contributed by atoms with Gasteiger partial charge in [0.25, 0.3) is 0 Å². The molecule has 13 rings (SSSR count). The molecule has 0 fully saturated rings. The Morgan fingerprint density at radius 1 is 0.451 bits per heavy atom. The summed E-state index contributed by atoms with van der Waals surface area (Å²) in [5.41, 5.74) is 3.11. The quantitative estimate of drug-likeness (QED) is 0.0955. The second kappa shape index (κ2) is 35.7. The van der Waals surface area contributed by atoms with Gasteiger partial charge < -0.3 is 38.0 Å². The van der Waals surface area contributed by atoms with Gasteiger partial charge in [0.2, 0.25) is 0 Å². The van der Waals surface area contributed by atoms with E-state index in [9.17, 15) is 30.7 Å². The predicted octanol–water partition coefficient (Wildman–Crippen LogP) is 13.8. The van der Waals surface area contributed by atoms with Crippen molar-refractivity contribution in [2.45, 2.75) is 79.3 Å². The van der Waals surface area contributed by atoms with E-state index in [0.717, 1.165) is 87.2 Å². The van der Waals surface area contributed by atoms with E-state index in [1.165, 1.54) is 11.5 Å². The minimum atomic E-state index is -5.23. The molecule has 10 heterocycles. The number of nitrogens with zero attached hydrogens (tertiary/aromatic N) is 15. The molecule has 0 bridgehead atoms. The number of rotatable bonds is 10. The standard InChI is InChI=1S/C14H10FN2.2C14H12N3.C12H8F6N3.C10H11N4.5Ir/c15-10-12-5-3-7-14(16-12)17-9-8-11-4-1-2-6-13(11)17;1-2-11-6-5-9-14(16-11)17-10-15-12-7-3-4-8-13(12)17;1-2-12-10-11-6-3-4-7-13(11)14(16-12)17-9-5-8-15-17;1-2-7-4-3-5-8(20-7)21-6-19-9(11(13,14)15)10(21)12(16,17)18;1-3-9-5-4-6-10(12-9)14-7-11-8(2)13-14;;;;;/h1-8H,10H2;3-9H,2H2,1H3;3-8,10H,2H2,1H3;3-5H,2H2,1H3;4-6H,3H2,1-2H3;;;;;/q5*-1;;;;;. The van der Waals surface area contributed by atoms with Crippen molar-refractivity contribution in [2.75, 3.05) is 0 Å². The summed E-state index contributed by atoms with van der Waals surface area (Å²) in [5.74, 6) is 3.58. The number of pyridine rings is 5. The first-order valence-electron chi connectivity index (χ1n) is 27.1. The molecule has 0 saturated heterocycles. The summed E-state index contributed by atoms with van der Waals surface area (Å²) < 4.78 is 96.5. The summed E-state index contributed by atoms with van der Waals surface area (Å²) in [6.45, 7) is 9.28. The number of benzene rings is 3. The molecular weight excluding hydrogens is 2070 g/mol. The minimum Gasteiger partial charge on any atom is -0.429 e. The van der Waals surface area contributed by atoms with Crippen molar-refractivity contribution in [2.24, 2.45) is 0 Å². The zero-order chi connectivity index (χ0) is 60.8. The van der Waals surface area contributed by atoms with Crippen LogP contribution in [0.4, 0.5) is 30.7 Å². The van der Waals surface area contributed by atoms with E-state index in [0.29, 0.717) is 29.5 Å². The maximum Gasteiger partial charge on any atom is 0.391 e. The van der Waals surface area contributed by atoms with Crippen molar-refractivity contribution in [3.05, 3.63) is 247 Å². The second-order valence-corrected chi connectivity index (χ2v) is 18.6. The van der Waals surface area contributed by atoms with Crippen LogP contribution in [0.15, 0.2) is 170 Å². The number of imidazole rings is 2. The maximum absolute atomic E-state index is 12.9. The summed E-state index contributed by atoms with van der Waals surface area (Å²) in [5, 5.41) is 11.7. The van der Waals surface area contributed by atoms with E-state index in [2.05, 4.69) is 114 Å². The van der Waals surface area contributed by atoms with E-state index in [-0.39, 0.29) is 111 Å². The van der Waals surface area contributed by atoms with Crippen molar-refractivity contribution >= 4 is 32.7 Å². The Kier molecular flexibility index (Phi) is 30.0. The van der Waals surface area contributed by atoms with Gasteiger partial charge in [0.05, 0.1) is 40.5 Å². The van der Waals surface area contributed by atoms with Crippen LogP contribution >= 0.6 is 0 Å². The number of para-hydroxylation sites is 3. The summed E-state index contributed by atoms with van der Waals surface area (Å²) in [4.78, 5) is 32.6. The third-order valence-electron chi connectivity index (χ3n) is 12.8. The molecule has 0 amide bonds. The topological polar surface area (TPSA) is 154 Å². The van der Waals surface area contributed by atoms with E-state index in [1.807, 2.05) is 125 Å². The van der Waals surface area contributed by atoms with Crippen molar-refractivity contribution < 1.29 is 131 Å². The summed E-state index contributed by atoms with van der Waals surface area (Å²) in [6.07, 6.45) is 8.07. The average molecular weight is 2130 g/mol. The molecule has 0 aliphatic heterocycles. The number of halogens is 7. The Morgan fingerprint density at radius 2 is 0.967 bits per heavy atom. The SMILES string of the molecule is CCc1cc2ccccc2c(-n2[c-]ccn2)n1.CCc1cccc(-n2[c-]nc(C(F)(F)F)c2C(F)(F)F)n1.CCc1cccc(-n2[c-]nc(C)n2)n1.CCc1cccc(-n2[c-]nc3ccccc32)n1.FCc1cccc(-n2[c-]cc3ccccc32)n1.[Ir].[Ir].[Ir].[Ir].[Ir]. The van der Waals surface area contributed by atoms with Crippen molar-refractivity contribution in [3.63, 3.8) is 0 Å². The summed E-state index contributed by atoms with van der Waals surface area (Å²) >= 11 is 0. The second-order valence-electron chi connectivity index (χ2n) is 18.6. The van der Waals surface area contributed by atoms with Gasteiger partial charge in [-0.3, -0.25) is 30.0 Å². The third-order valence-corrected chi connectivity index (χ3v) is 12.8. The first kappa shape index (κ1) is 76.5. The zero-order valence-corrected chi connectivity index (χ0v) is 60.7. The molecule has 10 aromatic heterocycles.